The first kappa shape index (κ1) is 26.0. The maximum Gasteiger partial charge on any atom is 0.227 e. The molecule has 38 heavy (non-hydrogen) atoms. The molecule has 2 amide bonds. The molecule has 6 rings (SSSR count). The van der Waals surface area contributed by atoms with Gasteiger partial charge in [-0.3, -0.25) is 9.59 Å². The molecule has 0 unspecified atom stereocenters. The maximum absolute atomic E-state index is 12.2. The van der Waals surface area contributed by atoms with Crippen LogP contribution >= 0.6 is 23.2 Å². The van der Waals surface area contributed by atoms with E-state index < -0.39 is 0 Å². The van der Waals surface area contributed by atoms with Crippen molar-refractivity contribution in [3.05, 3.63) is 105 Å². The van der Waals surface area contributed by atoms with Crippen molar-refractivity contribution in [2.75, 3.05) is 6.54 Å². The topological polar surface area (TPSA) is 98.0 Å². The minimum Gasteiger partial charge on any atom is -0.347 e. The highest BCUT2D eigenvalue weighted by molar-refractivity contribution is 6.31. The third-order valence-electron chi connectivity index (χ3n) is 6.84. The van der Waals surface area contributed by atoms with Gasteiger partial charge in [-0.2, -0.15) is 0 Å². The summed E-state index contributed by atoms with van der Waals surface area (Å²) in [6.45, 7) is 2.50. The Morgan fingerprint density at radius 1 is 0.711 bits per heavy atom. The van der Waals surface area contributed by atoms with Gasteiger partial charge in [-0.1, -0.05) is 35.3 Å². The summed E-state index contributed by atoms with van der Waals surface area (Å²) >= 11 is 12.0. The van der Waals surface area contributed by atoms with Gasteiger partial charge in [0.25, 0.3) is 0 Å². The fraction of sp³-hybridized carbons (Fsp3) is 0.286. The van der Waals surface area contributed by atoms with Crippen molar-refractivity contribution in [1.29, 1.82) is 0 Å². The van der Waals surface area contributed by atoms with Gasteiger partial charge in [0, 0.05) is 41.9 Å². The van der Waals surface area contributed by atoms with Gasteiger partial charge in [-0.15, -0.1) is 0 Å². The highest BCUT2D eigenvalue weighted by atomic mass is 35.5. The van der Waals surface area contributed by atoms with E-state index in [-0.39, 0.29) is 11.8 Å². The number of imidazole rings is 2. The molecule has 0 fully saturated rings. The first-order chi connectivity index (χ1) is 18.4. The summed E-state index contributed by atoms with van der Waals surface area (Å²) in [7, 11) is 0. The molecule has 2 aliphatic rings. The number of hydrogen-bond donors (Lipinski definition) is 2. The molecule has 0 saturated heterocycles. The number of aromatic amines is 2. The first-order valence-corrected chi connectivity index (χ1v) is 13.2. The second-order valence-electron chi connectivity index (χ2n) is 9.47. The number of aryl methyl sites for hydroxylation is 1. The quantitative estimate of drug-likeness (QED) is 0.383. The van der Waals surface area contributed by atoms with E-state index in [0.29, 0.717) is 39.0 Å². The van der Waals surface area contributed by atoms with Crippen LogP contribution in [0.3, 0.4) is 0 Å². The van der Waals surface area contributed by atoms with E-state index >= 15 is 0 Å². The van der Waals surface area contributed by atoms with Crippen LogP contribution in [0.25, 0.3) is 0 Å². The standard InChI is InChI=1S/2C14H14ClN3O/c15-12-3-1-11-7-18(8-13-6-16-9-17-13)14(19)4-2-10(11)5-12;15-12-2-1-10-6-14(19)18(4-3-11(10)5-12)8-13-7-16-9-17-13/h1,3,5-6,9H,2,4,7-8H2,(H,16,17);1-2,5,7,9H,3-4,6,8H2,(H,16,17). The van der Waals surface area contributed by atoms with Crippen molar-refractivity contribution < 1.29 is 9.59 Å². The summed E-state index contributed by atoms with van der Waals surface area (Å²) in [6.07, 6.45) is 9.34. The van der Waals surface area contributed by atoms with Gasteiger partial charge in [-0.25, -0.2) is 9.97 Å². The van der Waals surface area contributed by atoms with Gasteiger partial charge in [0.05, 0.1) is 43.6 Å². The van der Waals surface area contributed by atoms with Crippen LogP contribution in [0, 0.1) is 0 Å². The first-order valence-electron chi connectivity index (χ1n) is 12.5. The summed E-state index contributed by atoms with van der Waals surface area (Å²) in [5, 5.41) is 1.46. The lowest BCUT2D eigenvalue weighted by molar-refractivity contribution is -0.132. The number of aromatic nitrogens is 4. The van der Waals surface area contributed by atoms with Crippen molar-refractivity contribution in [1.82, 2.24) is 29.7 Å². The maximum atomic E-state index is 12.2. The van der Waals surface area contributed by atoms with Crippen LogP contribution in [0.1, 0.15) is 40.1 Å². The van der Waals surface area contributed by atoms with Crippen LogP contribution in [-0.4, -0.2) is 48.1 Å². The Kier molecular flexibility index (Phi) is 8.10. The van der Waals surface area contributed by atoms with Crippen molar-refractivity contribution in [3.63, 3.8) is 0 Å². The Hall–Kier alpha value is -3.62. The minimum absolute atomic E-state index is 0.149. The molecule has 0 aliphatic carbocycles. The fourth-order valence-corrected chi connectivity index (χ4v) is 5.18. The predicted molar refractivity (Wildman–Crippen MR) is 145 cm³/mol. The summed E-state index contributed by atoms with van der Waals surface area (Å²) < 4.78 is 0. The van der Waals surface area contributed by atoms with Gasteiger partial charge < -0.3 is 19.8 Å². The predicted octanol–water partition coefficient (Wildman–Crippen LogP) is 4.73. The lowest BCUT2D eigenvalue weighted by Crippen LogP contribution is -2.31. The Morgan fingerprint density at radius 2 is 1.32 bits per heavy atom. The Bertz CT molecular complexity index is 1400. The molecular weight excluding hydrogens is 523 g/mol. The molecule has 2 aromatic heterocycles. The van der Waals surface area contributed by atoms with E-state index in [1.165, 1.54) is 16.7 Å². The van der Waals surface area contributed by atoms with E-state index in [4.69, 9.17) is 23.2 Å². The van der Waals surface area contributed by atoms with E-state index in [0.717, 1.165) is 39.8 Å². The van der Waals surface area contributed by atoms with Crippen LogP contribution in [0.2, 0.25) is 10.0 Å². The Labute approximate surface area is 231 Å². The van der Waals surface area contributed by atoms with Crippen LogP contribution in [-0.2, 0) is 48.5 Å². The summed E-state index contributed by atoms with van der Waals surface area (Å²) in [5.41, 5.74) is 6.51. The van der Waals surface area contributed by atoms with Crippen molar-refractivity contribution in [2.45, 2.75) is 45.3 Å². The zero-order valence-corrected chi connectivity index (χ0v) is 22.3. The van der Waals surface area contributed by atoms with E-state index in [2.05, 4.69) is 19.9 Å². The zero-order chi connectivity index (χ0) is 26.5. The number of rotatable bonds is 4. The number of H-pyrrole nitrogens is 2. The molecule has 4 heterocycles. The van der Waals surface area contributed by atoms with Crippen LogP contribution in [0.15, 0.2) is 61.4 Å². The third kappa shape index (κ3) is 6.44. The van der Waals surface area contributed by atoms with Crippen LogP contribution in [0.5, 0.6) is 0 Å². The monoisotopic (exact) mass is 550 g/mol. The largest absolute Gasteiger partial charge is 0.347 e. The lowest BCUT2D eigenvalue weighted by Gasteiger charge is -2.20. The SMILES string of the molecule is O=C1CCc2cc(Cl)ccc2CN1Cc1cnc[nH]1.O=C1Cc2ccc(Cl)cc2CCN1Cc1cnc[nH]1. The smallest absolute Gasteiger partial charge is 0.227 e. The second kappa shape index (κ2) is 11.8. The lowest BCUT2D eigenvalue weighted by atomic mass is 10.0. The minimum atomic E-state index is 0.149. The number of amides is 2. The third-order valence-corrected chi connectivity index (χ3v) is 7.31. The number of carbonyl (C=O) groups is 2. The molecular formula is C28H28Cl2N6O2. The second-order valence-corrected chi connectivity index (χ2v) is 10.3. The number of halogens is 2. The Balaban J connectivity index is 0.000000155. The van der Waals surface area contributed by atoms with E-state index in [1.54, 1.807) is 25.0 Å². The highest BCUT2D eigenvalue weighted by Crippen LogP contribution is 2.24. The van der Waals surface area contributed by atoms with Crippen molar-refractivity contribution in [3.8, 4) is 0 Å². The van der Waals surface area contributed by atoms with Crippen molar-refractivity contribution >= 4 is 35.0 Å². The number of benzene rings is 2. The molecule has 0 radical (unpaired) electrons. The normalized spacial score (nSPS) is 15.2. The number of hydrogen-bond acceptors (Lipinski definition) is 4. The summed E-state index contributed by atoms with van der Waals surface area (Å²) in [4.78, 5) is 42.1. The zero-order valence-electron chi connectivity index (χ0n) is 20.8. The molecule has 8 nitrogen and oxygen atoms in total. The number of carbonyl (C=O) groups excluding carboxylic acids is 2. The average Bonchev–Trinajstić information content (AvgIpc) is 3.56. The molecule has 0 atom stereocenters. The summed E-state index contributed by atoms with van der Waals surface area (Å²) in [6, 6.07) is 11.6. The fourth-order valence-electron chi connectivity index (χ4n) is 4.79. The highest BCUT2D eigenvalue weighted by Gasteiger charge is 2.22. The molecule has 10 heteroatoms. The van der Waals surface area contributed by atoms with Gasteiger partial charge in [0.15, 0.2) is 0 Å². The average molecular weight is 551 g/mol. The van der Waals surface area contributed by atoms with Crippen molar-refractivity contribution in [2.24, 2.45) is 0 Å². The molecule has 4 aromatic rings. The molecule has 0 spiro atoms. The number of nitrogens with zero attached hydrogens (tertiary/aromatic N) is 4. The van der Waals surface area contributed by atoms with Gasteiger partial charge in [0.1, 0.15) is 0 Å². The van der Waals surface area contributed by atoms with E-state index in [1.807, 2.05) is 46.2 Å². The molecule has 196 valence electrons. The van der Waals surface area contributed by atoms with Gasteiger partial charge >= 0.3 is 0 Å². The number of fused-ring (bicyclic) bond motifs is 2. The molecule has 2 N–H and O–H groups in total. The van der Waals surface area contributed by atoms with Gasteiger partial charge in [0.2, 0.25) is 11.8 Å². The molecule has 2 aromatic carbocycles. The van der Waals surface area contributed by atoms with Gasteiger partial charge in [-0.05, 0) is 59.4 Å². The molecule has 0 bridgehead atoms. The number of nitrogens with one attached hydrogen (secondary N) is 2. The summed E-state index contributed by atoms with van der Waals surface area (Å²) in [5.74, 6) is 0.317. The Morgan fingerprint density at radius 3 is 1.95 bits per heavy atom. The van der Waals surface area contributed by atoms with Crippen LogP contribution < -0.4 is 0 Å². The molecule has 0 saturated carbocycles. The van der Waals surface area contributed by atoms with E-state index in [9.17, 15) is 9.59 Å². The van der Waals surface area contributed by atoms with Crippen LogP contribution in [0.4, 0.5) is 0 Å². The molecule has 2 aliphatic heterocycles.